The number of hydrogen-bond acceptors (Lipinski definition) is 6. The number of hydrogen-bond donors (Lipinski definition) is 2. The summed E-state index contributed by atoms with van der Waals surface area (Å²) in [4.78, 5) is 18.7. The van der Waals surface area contributed by atoms with Crippen molar-refractivity contribution in [2.75, 3.05) is 36.1 Å². The second-order valence-electron chi connectivity index (χ2n) is 8.71. The number of rotatable bonds is 10. The van der Waals surface area contributed by atoms with Crippen molar-refractivity contribution in [2.45, 2.75) is 40.2 Å². The molecule has 0 amide bonds. The fourth-order valence-corrected chi connectivity index (χ4v) is 4.20. The minimum absolute atomic E-state index is 0.112. The van der Waals surface area contributed by atoms with Gasteiger partial charge in [0.05, 0.1) is 11.9 Å². The molecule has 0 aliphatic carbocycles. The number of aromatic nitrogens is 2. The van der Waals surface area contributed by atoms with Gasteiger partial charge in [-0.2, -0.15) is 0 Å². The molecular weight excluding hydrogens is 507 g/mol. The molecule has 0 saturated carbocycles. The van der Waals surface area contributed by atoms with Crippen LogP contribution in [0.4, 0.5) is 24.7 Å². The maximum Gasteiger partial charge on any atom is 0.282 e. The molecule has 2 N–H and O–H groups in total. The Morgan fingerprint density at radius 2 is 1.81 bits per heavy atom. The van der Waals surface area contributed by atoms with E-state index >= 15 is 0 Å². The zero-order valence-electron chi connectivity index (χ0n) is 21.8. The van der Waals surface area contributed by atoms with Crippen LogP contribution >= 0.6 is 0 Å². The Morgan fingerprint density at radius 3 is 2.41 bits per heavy atom. The standard InChI is InChI=1S/C25H34F3N5O3S/c1-7-33(13-12-29-37(6,35)36)22-11-9-19(15-20(26)14-16(2)25(34)32(22)5)18(4)31-21-10-8-17(3)30-23(21)24(27)28/h8-11,14-15,18,24,29,31H,7,12-13H2,1-6H3. The Hall–Kier alpha value is -3.12. The van der Waals surface area contributed by atoms with Crippen LogP contribution in [0.1, 0.15) is 48.8 Å². The first-order chi connectivity index (χ1) is 17.2. The summed E-state index contributed by atoms with van der Waals surface area (Å²) >= 11 is 0. The normalized spacial score (nSPS) is 12.3. The van der Waals surface area contributed by atoms with E-state index in [0.717, 1.165) is 12.3 Å². The molecule has 1 unspecified atom stereocenters. The summed E-state index contributed by atoms with van der Waals surface area (Å²) in [5.41, 5.74) is 0.322. The average Bonchev–Trinajstić information content (AvgIpc) is 2.80. The summed E-state index contributed by atoms with van der Waals surface area (Å²) in [5, 5.41) is 2.99. The topological polar surface area (TPSA) is 96.3 Å². The van der Waals surface area contributed by atoms with Gasteiger partial charge in [-0.05, 0) is 63.6 Å². The molecular formula is C25H34F3N5O3S. The number of alkyl halides is 2. The predicted molar refractivity (Wildman–Crippen MR) is 141 cm³/mol. The highest BCUT2D eigenvalue weighted by Gasteiger charge is 2.17. The van der Waals surface area contributed by atoms with Gasteiger partial charge in [-0.25, -0.2) is 31.3 Å². The number of halogens is 3. The number of nitrogens with one attached hydrogen (secondary N) is 2. The molecule has 0 spiro atoms. The first kappa shape index (κ1) is 30.1. The Morgan fingerprint density at radius 1 is 1.14 bits per heavy atom. The van der Waals surface area contributed by atoms with Crippen LogP contribution in [0, 0.1) is 19.7 Å². The lowest BCUT2D eigenvalue weighted by Gasteiger charge is -2.25. The van der Waals surface area contributed by atoms with Crippen molar-refractivity contribution in [3.05, 3.63) is 75.1 Å². The van der Waals surface area contributed by atoms with Gasteiger partial charge in [0.15, 0.2) is 0 Å². The van der Waals surface area contributed by atoms with Crippen LogP contribution in [0.2, 0.25) is 0 Å². The SMILES string of the molecule is CCN(CCNS(C)(=O)=O)c1ccc(C(C)Nc2ccc(C)nc2C(F)F)cc(F)cc(C)c(=O)n1C. The Bertz CT molecular complexity index is 1330. The van der Waals surface area contributed by atoms with Gasteiger partial charge in [0.1, 0.15) is 17.3 Å². The Kier molecular flexibility index (Phi) is 10.5. The zero-order chi connectivity index (χ0) is 27.9. The second kappa shape index (κ2) is 12.9. The molecule has 2 heterocycles. The third-order valence-electron chi connectivity index (χ3n) is 5.66. The molecule has 204 valence electrons. The van der Waals surface area contributed by atoms with Gasteiger partial charge < -0.3 is 10.2 Å². The first-order valence-electron chi connectivity index (χ1n) is 11.7. The van der Waals surface area contributed by atoms with Gasteiger partial charge in [-0.3, -0.25) is 9.36 Å². The fourth-order valence-electron chi connectivity index (χ4n) is 3.74. The predicted octanol–water partition coefficient (Wildman–Crippen LogP) is 4.15. The summed E-state index contributed by atoms with van der Waals surface area (Å²) in [6.07, 6.45) is -1.74. The van der Waals surface area contributed by atoms with Crippen LogP contribution < -0.4 is 20.5 Å². The van der Waals surface area contributed by atoms with Crippen molar-refractivity contribution in [3.8, 4) is 0 Å². The minimum atomic E-state index is -3.40. The largest absolute Gasteiger partial charge is 0.377 e. The highest BCUT2D eigenvalue weighted by atomic mass is 32.2. The Labute approximate surface area is 215 Å². The molecule has 0 fully saturated rings. The summed E-state index contributed by atoms with van der Waals surface area (Å²) in [6.45, 7) is 7.49. The number of likely N-dealkylation sites (N-methyl/N-ethyl adjacent to an activating group) is 1. The van der Waals surface area contributed by atoms with Crippen LogP contribution in [0.15, 0.2) is 41.2 Å². The van der Waals surface area contributed by atoms with Crippen molar-refractivity contribution < 1.29 is 21.6 Å². The highest BCUT2D eigenvalue weighted by Crippen LogP contribution is 2.28. The molecule has 1 atom stereocenters. The maximum absolute atomic E-state index is 14.8. The number of nitrogens with zero attached hydrogens (tertiary/aromatic N) is 3. The molecule has 2 aromatic heterocycles. The molecule has 12 heteroatoms. The maximum atomic E-state index is 14.8. The number of aryl methyl sites for hydroxylation is 2. The fraction of sp³-hybridized carbons (Fsp3) is 0.440. The lowest BCUT2D eigenvalue weighted by Crippen LogP contribution is -2.36. The van der Waals surface area contributed by atoms with E-state index in [1.807, 2.05) is 6.92 Å². The van der Waals surface area contributed by atoms with Crippen LogP contribution in [-0.2, 0) is 17.1 Å². The highest BCUT2D eigenvalue weighted by molar-refractivity contribution is 7.88. The molecule has 37 heavy (non-hydrogen) atoms. The van der Waals surface area contributed by atoms with E-state index in [2.05, 4.69) is 15.0 Å². The van der Waals surface area contributed by atoms with Gasteiger partial charge in [-0.1, -0.05) is 6.07 Å². The molecule has 2 aromatic rings. The quantitative estimate of drug-likeness (QED) is 0.469. The molecule has 2 rings (SSSR count). The van der Waals surface area contributed by atoms with E-state index in [-0.39, 0.29) is 24.3 Å². The van der Waals surface area contributed by atoms with Crippen LogP contribution in [-0.4, -0.2) is 43.9 Å². The molecule has 0 radical (unpaired) electrons. The van der Waals surface area contributed by atoms with Crippen molar-refractivity contribution in [1.82, 2.24) is 14.3 Å². The van der Waals surface area contributed by atoms with E-state index in [1.165, 1.54) is 23.6 Å². The average molecular weight is 542 g/mol. The van der Waals surface area contributed by atoms with E-state index in [0.29, 0.717) is 23.6 Å². The van der Waals surface area contributed by atoms with Gasteiger partial charge in [0.2, 0.25) is 10.0 Å². The van der Waals surface area contributed by atoms with Crippen LogP contribution in [0.3, 0.4) is 0 Å². The molecule has 0 aliphatic heterocycles. The first-order valence-corrected chi connectivity index (χ1v) is 13.6. The van der Waals surface area contributed by atoms with Gasteiger partial charge in [-0.15, -0.1) is 0 Å². The second-order valence-corrected chi connectivity index (χ2v) is 10.5. The van der Waals surface area contributed by atoms with Crippen molar-refractivity contribution in [1.29, 1.82) is 0 Å². The van der Waals surface area contributed by atoms with E-state index < -0.39 is 39.6 Å². The van der Waals surface area contributed by atoms with Crippen molar-refractivity contribution in [3.63, 3.8) is 0 Å². The summed E-state index contributed by atoms with van der Waals surface area (Å²) in [7, 11) is -1.85. The summed E-state index contributed by atoms with van der Waals surface area (Å²) in [6, 6.07) is 8.07. The zero-order valence-corrected chi connectivity index (χ0v) is 22.7. The third-order valence-corrected chi connectivity index (χ3v) is 6.39. The number of sulfonamides is 1. The molecule has 0 bridgehead atoms. The lowest BCUT2D eigenvalue weighted by molar-refractivity contribution is 0.146. The molecule has 0 saturated heterocycles. The van der Waals surface area contributed by atoms with E-state index in [9.17, 15) is 26.4 Å². The van der Waals surface area contributed by atoms with Gasteiger partial charge >= 0.3 is 0 Å². The van der Waals surface area contributed by atoms with E-state index in [4.69, 9.17) is 0 Å². The third kappa shape index (κ3) is 8.74. The molecule has 0 aliphatic rings. The minimum Gasteiger partial charge on any atom is -0.377 e. The summed E-state index contributed by atoms with van der Waals surface area (Å²) in [5.74, 6) is -0.210. The van der Waals surface area contributed by atoms with Crippen molar-refractivity contribution >= 4 is 21.5 Å². The monoisotopic (exact) mass is 541 g/mol. The lowest BCUT2D eigenvalue weighted by atomic mass is 10.1. The molecule has 0 aromatic carbocycles. The van der Waals surface area contributed by atoms with E-state index in [1.54, 1.807) is 44.0 Å². The van der Waals surface area contributed by atoms with Crippen LogP contribution in [0.5, 0.6) is 0 Å². The van der Waals surface area contributed by atoms with Gasteiger partial charge in [0, 0.05) is 44.0 Å². The smallest absolute Gasteiger partial charge is 0.282 e. The molecule has 8 nitrogen and oxygen atoms in total. The van der Waals surface area contributed by atoms with Gasteiger partial charge in [0.25, 0.3) is 12.0 Å². The Balaban J connectivity index is 2.62. The van der Waals surface area contributed by atoms with Crippen LogP contribution in [0.25, 0.3) is 0 Å². The number of anilines is 2. The summed E-state index contributed by atoms with van der Waals surface area (Å²) < 4.78 is 68.7. The number of pyridine rings is 1. The van der Waals surface area contributed by atoms with Crippen molar-refractivity contribution in [2.24, 2.45) is 7.05 Å².